The molecule has 0 radical (unpaired) electrons. The monoisotopic (exact) mass is 198 g/mol. The highest BCUT2D eigenvalue weighted by molar-refractivity contribution is 5.81. The van der Waals surface area contributed by atoms with Gasteiger partial charge in [0.1, 0.15) is 6.10 Å². The second-order valence-corrected chi connectivity index (χ2v) is 4.35. The molecule has 0 spiro atoms. The van der Waals surface area contributed by atoms with Crippen LogP contribution in [-0.2, 0) is 9.53 Å². The molecule has 1 amide bonds. The smallest absolute Gasteiger partial charge is 0.251 e. The van der Waals surface area contributed by atoms with Crippen molar-refractivity contribution < 1.29 is 9.53 Å². The Bertz CT molecular complexity index is 210. The van der Waals surface area contributed by atoms with Crippen molar-refractivity contribution in [2.45, 2.75) is 44.4 Å². The molecule has 0 aromatic heterocycles. The van der Waals surface area contributed by atoms with Crippen LogP contribution in [0.3, 0.4) is 0 Å². The molecular formula is C10H18N2O2. The van der Waals surface area contributed by atoms with Crippen LogP contribution >= 0.6 is 0 Å². The molecule has 0 aromatic rings. The van der Waals surface area contributed by atoms with Crippen LogP contribution in [0.5, 0.6) is 0 Å². The number of nitrogens with zero attached hydrogens (tertiary/aromatic N) is 1. The van der Waals surface area contributed by atoms with Gasteiger partial charge in [0.05, 0.1) is 6.10 Å². The van der Waals surface area contributed by atoms with Crippen molar-refractivity contribution in [2.24, 2.45) is 5.73 Å². The Hall–Kier alpha value is -0.610. The fourth-order valence-electron chi connectivity index (χ4n) is 2.18. The minimum absolute atomic E-state index is 0.141. The number of ether oxygens (including phenoxy) is 1. The first-order valence-corrected chi connectivity index (χ1v) is 5.36. The minimum Gasteiger partial charge on any atom is -0.365 e. The maximum Gasteiger partial charge on any atom is 0.251 e. The predicted molar refractivity (Wildman–Crippen MR) is 52.7 cm³/mol. The van der Waals surface area contributed by atoms with E-state index in [2.05, 4.69) is 0 Å². The Labute approximate surface area is 84.4 Å². The van der Waals surface area contributed by atoms with Crippen LogP contribution in [0.2, 0.25) is 0 Å². The standard InChI is InChI=1S/C10H18N2O2/c1-7-2-3-9(14-7)10(13)12-5-4-8(11)6-12/h7-9H,2-6,11H2,1H3/t7?,8-,9?/m1/s1. The molecule has 4 nitrogen and oxygen atoms in total. The number of carbonyl (C=O) groups excluding carboxylic acids is 1. The summed E-state index contributed by atoms with van der Waals surface area (Å²) in [5, 5.41) is 0. The summed E-state index contributed by atoms with van der Waals surface area (Å²) in [7, 11) is 0. The summed E-state index contributed by atoms with van der Waals surface area (Å²) in [5.74, 6) is 0.141. The Kier molecular flexibility index (Phi) is 2.74. The van der Waals surface area contributed by atoms with E-state index in [9.17, 15) is 4.79 Å². The van der Waals surface area contributed by atoms with E-state index in [1.807, 2.05) is 11.8 Å². The second-order valence-electron chi connectivity index (χ2n) is 4.35. The van der Waals surface area contributed by atoms with Crippen molar-refractivity contribution in [3.8, 4) is 0 Å². The Morgan fingerprint density at radius 2 is 2.21 bits per heavy atom. The van der Waals surface area contributed by atoms with Gasteiger partial charge in [-0.1, -0.05) is 0 Å². The van der Waals surface area contributed by atoms with Crippen LogP contribution in [0.25, 0.3) is 0 Å². The molecule has 2 N–H and O–H groups in total. The van der Waals surface area contributed by atoms with Crippen molar-refractivity contribution in [2.75, 3.05) is 13.1 Å². The average molecular weight is 198 g/mol. The van der Waals surface area contributed by atoms with E-state index in [0.29, 0.717) is 6.54 Å². The van der Waals surface area contributed by atoms with Crippen LogP contribution in [0.1, 0.15) is 26.2 Å². The van der Waals surface area contributed by atoms with Gasteiger partial charge in [-0.05, 0) is 26.2 Å². The number of hydrogen-bond donors (Lipinski definition) is 1. The SMILES string of the molecule is CC1CCC(C(=O)N2CC[C@@H](N)C2)O1. The Morgan fingerprint density at radius 3 is 2.71 bits per heavy atom. The third kappa shape index (κ3) is 1.91. The largest absolute Gasteiger partial charge is 0.365 e. The van der Waals surface area contributed by atoms with Crippen molar-refractivity contribution in [1.82, 2.24) is 4.90 Å². The summed E-state index contributed by atoms with van der Waals surface area (Å²) in [6.45, 7) is 3.52. The van der Waals surface area contributed by atoms with Crippen LogP contribution in [0.15, 0.2) is 0 Å². The fourth-order valence-corrected chi connectivity index (χ4v) is 2.18. The number of carbonyl (C=O) groups is 1. The average Bonchev–Trinajstić information content (AvgIpc) is 2.73. The zero-order valence-electron chi connectivity index (χ0n) is 8.61. The lowest BCUT2D eigenvalue weighted by atomic mass is 10.2. The van der Waals surface area contributed by atoms with E-state index < -0.39 is 0 Å². The highest BCUT2D eigenvalue weighted by Crippen LogP contribution is 2.22. The molecule has 2 saturated heterocycles. The van der Waals surface area contributed by atoms with Crippen molar-refractivity contribution in [3.63, 3.8) is 0 Å². The molecule has 2 fully saturated rings. The summed E-state index contributed by atoms with van der Waals surface area (Å²) >= 11 is 0. The van der Waals surface area contributed by atoms with Crippen LogP contribution < -0.4 is 5.73 Å². The number of likely N-dealkylation sites (tertiary alicyclic amines) is 1. The normalized spacial score (nSPS) is 37.9. The molecule has 2 heterocycles. The number of hydrogen-bond acceptors (Lipinski definition) is 3. The van der Waals surface area contributed by atoms with E-state index in [1.54, 1.807) is 0 Å². The van der Waals surface area contributed by atoms with Crippen LogP contribution in [-0.4, -0.2) is 42.1 Å². The van der Waals surface area contributed by atoms with Crippen molar-refractivity contribution >= 4 is 5.91 Å². The van der Waals surface area contributed by atoms with E-state index in [0.717, 1.165) is 25.8 Å². The molecule has 80 valence electrons. The third-order valence-electron chi connectivity index (χ3n) is 3.04. The fraction of sp³-hybridized carbons (Fsp3) is 0.900. The van der Waals surface area contributed by atoms with E-state index in [-0.39, 0.29) is 24.2 Å². The molecule has 0 bridgehead atoms. The highest BCUT2D eigenvalue weighted by Gasteiger charge is 2.34. The molecule has 3 atom stereocenters. The van der Waals surface area contributed by atoms with Crippen molar-refractivity contribution in [3.05, 3.63) is 0 Å². The van der Waals surface area contributed by atoms with Gasteiger partial charge >= 0.3 is 0 Å². The van der Waals surface area contributed by atoms with Gasteiger partial charge in [-0.15, -0.1) is 0 Å². The first-order chi connectivity index (χ1) is 6.66. The maximum atomic E-state index is 11.9. The predicted octanol–water partition coefficient (Wildman–Crippen LogP) is 0.113. The topological polar surface area (TPSA) is 55.6 Å². The number of rotatable bonds is 1. The molecule has 14 heavy (non-hydrogen) atoms. The molecule has 0 saturated carbocycles. The molecule has 0 aromatic carbocycles. The van der Waals surface area contributed by atoms with E-state index in [4.69, 9.17) is 10.5 Å². The summed E-state index contributed by atoms with van der Waals surface area (Å²) < 4.78 is 5.54. The zero-order valence-corrected chi connectivity index (χ0v) is 8.61. The van der Waals surface area contributed by atoms with E-state index in [1.165, 1.54) is 0 Å². The summed E-state index contributed by atoms with van der Waals surface area (Å²) in [4.78, 5) is 13.7. The summed E-state index contributed by atoms with van der Waals surface area (Å²) in [6.07, 6.45) is 2.83. The quantitative estimate of drug-likeness (QED) is 0.651. The molecule has 2 unspecified atom stereocenters. The first-order valence-electron chi connectivity index (χ1n) is 5.36. The van der Waals surface area contributed by atoms with Gasteiger partial charge in [-0.2, -0.15) is 0 Å². The lowest BCUT2D eigenvalue weighted by Crippen LogP contribution is -2.39. The zero-order chi connectivity index (χ0) is 10.1. The van der Waals surface area contributed by atoms with Gasteiger partial charge < -0.3 is 15.4 Å². The van der Waals surface area contributed by atoms with Gasteiger partial charge in [-0.25, -0.2) is 0 Å². The molecule has 2 rings (SSSR count). The Balaban J connectivity index is 1.89. The lowest BCUT2D eigenvalue weighted by molar-refractivity contribution is -0.141. The number of nitrogens with two attached hydrogens (primary N) is 1. The lowest BCUT2D eigenvalue weighted by Gasteiger charge is -2.20. The van der Waals surface area contributed by atoms with Gasteiger partial charge in [0.2, 0.25) is 0 Å². The summed E-state index contributed by atoms with van der Waals surface area (Å²) in [5.41, 5.74) is 5.75. The molecular weight excluding hydrogens is 180 g/mol. The highest BCUT2D eigenvalue weighted by atomic mass is 16.5. The number of amides is 1. The van der Waals surface area contributed by atoms with Gasteiger partial charge in [-0.3, -0.25) is 4.79 Å². The van der Waals surface area contributed by atoms with Crippen LogP contribution in [0.4, 0.5) is 0 Å². The van der Waals surface area contributed by atoms with Gasteiger partial charge in [0.25, 0.3) is 5.91 Å². The minimum atomic E-state index is -0.199. The maximum absolute atomic E-state index is 11.9. The Morgan fingerprint density at radius 1 is 1.43 bits per heavy atom. The van der Waals surface area contributed by atoms with E-state index >= 15 is 0 Å². The molecule has 0 aliphatic carbocycles. The molecule has 4 heteroatoms. The molecule has 2 aliphatic heterocycles. The van der Waals surface area contributed by atoms with Gasteiger partial charge in [0, 0.05) is 19.1 Å². The second kappa shape index (κ2) is 3.87. The molecule has 2 aliphatic rings. The van der Waals surface area contributed by atoms with Crippen molar-refractivity contribution in [1.29, 1.82) is 0 Å². The summed E-state index contributed by atoms with van der Waals surface area (Å²) in [6, 6.07) is 0.165. The van der Waals surface area contributed by atoms with Crippen LogP contribution in [0, 0.1) is 0 Å². The third-order valence-corrected chi connectivity index (χ3v) is 3.04. The first kappa shape index (κ1) is 9.93. The van der Waals surface area contributed by atoms with Gasteiger partial charge in [0.15, 0.2) is 0 Å².